The number of nitrogens with zero attached hydrogens (tertiary/aromatic N) is 1. The van der Waals surface area contributed by atoms with Crippen molar-refractivity contribution in [2.75, 3.05) is 20.2 Å². The van der Waals surface area contributed by atoms with Crippen LogP contribution in [-0.4, -0.2) is 48.9 Å². The van der Waals surface area contributed by atoms with Crippen LogP contribution in [0.3, 0.4) is 0 Å². The Balaban J connectivity index is 0.00000180. The van der Waals surface area contributed by atoms with Gasteiger partial charge in [0.05, 0.1) is 7.11 Å². The van der Waals surface area contributed by atoms with Gasteiger partial charge < -0.3 is 19.1 Å². The van der Waals surface area contributed by atoms with Gasteiger partial charge in [-0.25, -0.2) is 4.79 Å². The molecule has 1 amide bonds. The summed E-state index contributed by atoms with van der Waals surface area (Å²) in [5.41, 5.74) is -0.549. The van der Waals surface area contributed by atoms with Crippen LogP contribution in [0.1, 0.15) is 20.8 Å². The van der Waals surface area contributed by atoms with Gasteiger partial charge in [0.1, 0.15) is 5.60 Å². The Labute approximate surface area is 127 Å². The number of carbonyl (C=O) groups is 2. The topological polar surface area (TPSA) is 68.4 Å². The third-order valence-corrected chi connectivity index (χ3v) is 2.81. The molecule has 0 bridgehead atoms. The number of hydrogen-bond acceptors (Lipinski definition) is 5. The molecule has 0 aliphatic carbocycles. The van der Waals surface area contributed by atoms with E-state index in [1.54, 1.807) is 20.8 Å². The first-order valence-corrected chi connectivity index (χ1v) is 5.91. The van der Waals surface area contributed by atoms with Gasteiger partial charge in [-0.05, 0) is 26.7 Å². The SMILES string of the molecule is COC(=O)C1CN(C(=O)OC(C)(C)C)CC2O[C-]21.[W]. The molecule has 19 heavy (non-hydrogen) atoms. The van der Waals surface area contributed by atoms with Crippen LogP contribution in [0.4, 0.5) is 4.79 Å². The molecule has 0 saturated carbocycles. The molecule has 2 atom stereocenters. The quantitative estimate of drug-likeness (QED) is 0.345. The Morgan fingerprint density at radius 2 is 1.95 bits per heavy atom. The number of hydrogen-bond donors (Lipinski definition) is 0. The van der Waals surface area contributed by atoms with E-state index in [0.29, 0.717) is 6.54 Å². The van der Waals surface area contributed by atoms with Crippen LogP contribution in [0.5, 0.6) is 0 Å². The fourth-order valence-corrected chi connectivity index (χ4v) is 1.96. The van der Waals surface area contributed by atoms with Crippen LogP contribution in [-0.2, 0) is 40.1 Å². The zero-order valence-electron chi connectivity index (χ0n) is 11.5. The summed E-state index contributed by atoms with van der Waals surface area (Å²) < 4.78 is 15.3. The van der Waals surface area contributed by atoms with Crippen LogP contribution in [0.2, 0.25) is 0 Å². The molecule has 2 unspecified atom stereocenters. The molecule has 2 aliphatic rings. The van der Waals surface area contributed by atoms with E-state index in [2.05, 4.69) is 0 Å². The molecule has 0 aromatic heterocycles. The van der Waals surface area contributed by atoms with Crippen LogP contribution in [0, 0.1) is 12.0 Å². The molecular weight excluding hydrogens is 422 g/mol. The van der Waals surface area contributed by atoms with Crippen LogP contribution in [0.15, 0.2) is 0 Å². The zero-order valence-corrected chi connectivity index (χ0v) is 14.4. The number of ether oxygens (including phenoxy) is 3. The number of fused-ring (bicyclic) bond motifs is 1. The Kier molecular flexibility index (Phi) is 5.01. The summed E-state index contributed by atoms with van der Waals surface area (Å²) in [7, 11) is 1.33. The molecular formula is C12H18NO5W-. The molecule has 2 saturated heterocycles. The maximum absolute atomic E-state index is 11.9. The second-order valence-corrected chi connectivity index (χ2v) is 5.47. The number of amides is 1. The molecule has 0 spiro atoms. The Morgan fingerprint density at radius 3 is 2.47 bits per heavy atom. The molecule has 7 heteroatoms. The summed E-state index contributed by atoms with van der Waals surface area (Å²) in [5.74, 6) is -0.859. The summed E-state index contributed by atoms with van der Waals surface area (Å²) in [4.78, 5) is 25.0. The average Bonchev–Trinajstić information content (AvgIpc) is 3.03. The van der Waals surface area contributed by atoms with Crippen molar-refractivity contribution in [1.82, 2.24) is 4.90 Å². The van der Waals surface area contributed by atoms with Gasteiger partial charge >= 0.3 is 6.09 Å². The second kappa shape index (κ2) is 5.79. The van der Waals surface area contributed by atoms with E-state index in [1.165, 1.54) is 12.0 Å². The molecule has 0 aromatic rings. The maximum Gasteiger partial charge on any atom is 0.410 e. The third-order valence-electron chi connectivity index (χ3n) is 2.81. The summed E-state index contributed by atoms with van der Waals surface area (Å²) in [6.45, 7) is 6.11. The van der Waals surface area contributed by atoms with E-state index in [9.17, 15) is 9.59 Å². The van der Waals surface area contributed by atoms with Crippen LogP contribution < -0.4 is 0 Å². The number of esters is 1. The van der Waals surface area contributed by atoms with Gasteiger partial charge in [-0.1, -0.05) is 6.10 Å². The molecule has 2 rings (SSSR count). The number of likely N-dealkylation sites (tertiary alicyclic amines) is 1. The van der Waals surface area contributed by atoms with Crippen molar-refractivity contribution >= 4 is 12.1 Å². The number of carbonyl (C=O) groups excluding carboxylic acids is 2. The van der Waals surface area contributed by atoms with Crippen LogP contribution in [0.25, 0.3) is 0 Å². The zero-order chi connectivity index (χ0) is 13.5. The summed E-state index contributed by atoms with van der Waals surface area (Å²) >= 11 is 0. The molecule has 108 valence electrons. The fourth-order valence-electron chi connectivity index (χ4n) is 1.96. The van der Waals surface area contributed by atoms with E-state index in [-0.39, 0.29) is 39.7 Å². The first kappa shape index (κ1) is 16.4. The van der Waals surface area contributed by atoms with Crippen molar-refractivity contribution in [3.05, 3.63) is 6.10 Å². The average molecular weight is 440 g/mol. The van der Waals surface area contributed by atoms with E-state index >= 15 is 0 Å². The van der Waals surface area contributed by atoms with Gasteiger partial charge in [0.25, 0.3) is 5.97 Å². The number of rotatable bonds is 1. The maximum atomic E-state index is 11.9. The molecule has 0 N–H and O–H groups in total. The predicted octanol–water partition coefficient (Wildman–Crippen LogP) is 0.955. The summed E-state index contributed by atoms with van der Waals surface area (Å²) in [6, 6.07) is 0. The summed E-state index contributed by atoms with van der Waals surface area (Å²) in [6.07, 6.45) is 0.156. The van der Waals surface area contributed by atoms with Gasteiger partial charge in [0, 0.05) is 34.2 Å². The van der Waals surface area contributed by atoms with E-state index in [0.717, 1.165) is 6.10 Å². The van der Waals surface area contributed by atoms with Crippen LogP contribution >= 0.6 is 0 Å². The first-order chi connectivity index (χ1) is 8.31. The van der Waals surface area contributed by atoms with Crippen molar-refractivity contribution in [2.24, 2.45) is 5.92 Å². The smallest absolute Gasteiger partial charge is 0.410 e. The van der Waals surface area contributed by atoms with Gasteiger partial charge in [-0.3, -0.25) is 4.79 Å². The minimum absolute atomic E-state index is 0. The Hall–Kier alpha value is -0.612. The molecule has 6 nitrogen and oxygen atoms in total. The normalized spacial score (nSPS) is 26.0. The Morgan fingerprint density at radius 1 is 1.32 bits per heavy atom. The Bertz CT molecular complexity index is 368. The van der Waals surface area contributed by atoms with Gasteiger partial charge in [-0.15, -0.1) is 0 Å². The third kappa shape index (κ3) is 3.93. The predicted molar refractivity (Wildman–Crippen MR) is 61.4 cm³/mol. The number of piperidine rings is 1. The first-order valence-electron chi connectivity index (χ1n) is 5.91. The van der Waals surface area contributed by atoms with Crippen molar-refractivity contribution in [3.8, 4) is 0 Å². The minimum atomic E-state index is -0.549. The number of epoxide rings is 1. The largest absolute Gasteiger partial charge is 0.564 e. The molecule has 2 heterocycles. The second-order valence-electron chi connectivity index (χ2n) is 5.47. The fraction of sp³-hybridized carbons (Fsp3) is 0.750. The number of methoxy groups -OCH3 is 1. The van der Waals surface area contributed by atoms with Gasteiger partial charge in [-0.2, -0.15) is 6.10 Å². The van der Waals surface area contributed by atoms with Crippen molar-refractivity contribution in [2.45, 2.75) is 32.5 Å². The monoisotopic (exact) mass is 440 g/mol. The molecule has 2 aliphatic heterocycles. The van der Waals surface area contributed by atoms with Crippen molar-refractivity contribution in [3.63, 3.8) is 0 Å². The van der Waals surface area contributed by atoms with Crippen molar-refractivity contribution < 1.29 is 44.9 Å². The van der Waals surface area contributed by atoms with Crippen molar-refractivity contribution in [1.29, 1.82) is 0 Å². The van der Waals surface area contributed by atoms with E-state index in [4.69, 9.17) is 14.2 Å². The van der Waals surface area contributed by atoms with Gasteiger partial charge in [0.2, 0.25) is 0 Å². The standard InChI is InChI=1S/C12H18NO5.W/c1-12(2,3)18-11(15)13-5-7(10(14)16-4)9-8(6-13)17-9;/h7-8H,5-6H2,1-4H3;/q-1;. The molecule has 0 aromatic carbocycles. The van der Waals surface area contributed by atoms with Gasteiger partial charge in [0.15, 0.2) is 0 Å². The van der Waals surface area contributed by atoms with E-state index < -0.39 is 17.6 Å². The minimum Gasteiger partial charge on any atom is -0.564 e. The molecule has 0 radical (unpaired) electrons. The molecule has 2 fully saturated rings. The van der Waals surface area contributed by atoms with E-state index in [1.807, 2.05) is 0 Å². The summed E-state index contributed by atoms with van der Waals surface area (Å²) in [5, 5.41) is 0.